The molecule has 0 bridgehead atoms. The van der Waals surface area contributed by atoms with Crippen LogP contribution in [0.5, 0.6) is 0 Å². The minimum absolute atomic E-state index is 0.118. The minimum atomic E-state index is 0.118. The third kappa shape index (κ3) is 2.60. The second kappa shape index (κ2) is 5.93. The lowest BCUT2D eigenvalue weighted by molar-refractivity contribution is 0.591. The second-order valence-corrected chi connectivity index (χ2v) is 8.63. The maximum Gasteiger partial charge on any atom is 0.144 e. The Morgan fingerprint density at radius 2 is 1.64 bits per heavy atom. The maximum absolute atomic E-state index is 6.28. The fraction of sp³-hybridized carbons (Fsp3) is 0.192. The maximum atomic E-state index is 6.28. The Morgan fingerprint density at radius 3 is 2.46 bits per heavy atom. The van der Waals surface area contributed by atoms with Crippen LogP contribution in [0.15, 0.2) is 71.3 Å². The van der Waals surface area contributed by atoms with Gasteiger partial charge in [0, 0.05) is 27.9 Å². The fourth-order valence-corrected chi connectivity index (χ4v) is 4.01. The lowest BCUT2D eigenvalue weighted by Crippen LogP contribution is -2.10. The summed E-state index contributed by atoms with van der Waals surface area (Å²) in [5.74, 6) is 0. The first-order valence-electron chi connectivity index (χ1n) is 9.73. The molecule has 0 fully saturated rings. The number of aryl methyl sites for hydroxylation is 1. The van der Waals surface area contributed by atoms with E-state index in [0.29, 0.717) is 0 Å². The van der Waals surface area contributed by atoms with Crippen molar-refractivity contribution in [3.05, 3.63) is 78.0 Å². The van der Waals surface area contributed by atoms with E-state index >= 15 is 0 Å². The molecular formula is C26H23NO. The third-order valence-electron chi connectivity index (χ3n) is 5.51. The summed E-state index contributed by atoms with van der Waals surface area (Å²) in [6.45, 7) is 8.87. The first kappa shape index (κ1) is 17.0. The molecule has 0 unspecified atom stereocenters. The fourth-order valence-electron chi connectivity index (χ4n) is 4.01. The van der Waals surface area contributed by atoms with Crippen molar-refractivity contribution in [2.24, 2.45) is 0 Å². The first-order valence-corrected chi connectivity index (χ1v) is 9.73. The van der Waals surface area contributed by atoms with Crippen LogP contribution in [0.3, 0.4) is 0 Å². The number of pyridine rings is 1. The lowest BCUT2D eigenvalue weighted by Gasteiger charge is -2.20. The molecular weight excluding hydrogens is 342 g/mol. The smallest absolute Gasteiger partial charge is 0.144 e. The van der Waals surface area contributed by atoms with Crippen LogP contribution in [0.2, 0.25) is 0 Å². The molecule has 0 atom stereocenters. The Morgan fingerprint density at radius 1 is 0.821 bits per heavy atom. The number of hydrogen-bond acceptors (Lipinski definition) is 2. The summed E-state index contributed by atoms with van der Waals surface area (Å²) in [6, 6.07) is 21.4. The van der Waals surface area contributed by atoms with E-state index in [1.54, 1.807) is 0 Å². The zero-order valence-electron chi connectivity index (χ0n) is 16.7. The summed E-state index contributed by atoms with van der Waals surface area (Å²) in [6.07, 6.45) is 1.90. The highest BCUT2D eigenvalue weighted by Gasteiger charge is 2.18. The van der Waals surface area contributed by atoms with Gasteiger partial charge in [-0.3, -0.25) is 4.98 Å². The topological polar surface area (TPSA) is 26.0 Å². The molecule has 3 aromatic carbocycles. The Hall–Kier alpha value is -3.13. The predicted octanol–water partition coefficient (Wildman–Crippen LogP) is 7.41. The van der Waals surface area contributed by atoms with Crippen molar-refractivity contribution in [1.82, 2.24) is 4.98 Å². The molecule has 0 aliphatic rings. The summed E-state index contributed by atoms with van der Waals surface area (Å²) >= 11 is 0. The molecule has 138 valence electrons. The van der Waals surface area contributed by atoms with Gasteiger partial charge in [-0.25, -0.2) is 0 Å². The van der Waals surface area contributed by atoms with Gasteiger partial charge in [-0.1, -0.05) is 57.2 Å². The minimum Gasteiger partial charge on any atom is -0.455 e. The van der Waals surface area contributed by atoms with E-state index in [9.17, 15) is 0 Å². The predicted molar refractivity (Wildman–Crippen MR) is 118 cm³/mol. The molecule has 0 amide bonds. The van der Waals surface area contributed by atoms with Gasteiger partial charge in [0.05, 0.1) is 5.69 Å². The number of furan rings is 1. The monoisotopic (exact) mass is 365 g/mol. The quantitative estimate of drug-likeness (QED) is 0.309. The van der Waals surface area contributed by atoms with Crippen molar-refractivity contribution in [3.63, 3.8) is 0 Å². The molecule has 5 aromatic rings. The molecule has 0 aliphatic carbocycles. The van der Waals surface area contributed by atoms with Crippen molar-refractivity contribution in [2.75, 3.05) is 0 Å². The average molecular weight is 365 g/mol. The molecule has 0 spiro atoms. The van der Waals surface area contributed by atoms with Gasteiger partial charge in [-0.05, 0) is 53.1 Å². The number of rotatable bonds is 1. The molecule has 0 N–H and O–H groups in total. The summed E-state index contributed by atoms with van der Waals surface area (Å²) < 4.78 is 6.28. The number of aromatic nitrogens is 1. The molecule has 2 heteroatoms. The van der Waals surface area contributed by atoms with Crippen molar-refractivity contribution in [2.45, 2.75) is 33.1 Å². The molecule has 0 saturated heterocycles. The number of benzene rings is 3. The summed E-state index contributed by atoms with van der Waals surface area (Å²) in [5, 5.41) is 4.67. The van der Waals surface area contributed by atoms with Gasteiger partial charge in [-0.2, -0.15) is 0 Å². The van der Waals surface area contributed by atoms with Gasteiger partial charge in [0.2, 0.25) is 0 Å². The molecule has 0 aliphatic heterocycles. The second-order valence-electron chi connectivity index (χ2n) is 8.63. The largest absolute Gasteiger partial charge is 0.455 e. The van der Waals surface area contributed by atoms with Crippen LogP contribution < -0.4 is 0 Å². The highest BCUT2D eigenvalue weighted by Crippen LogP contribution is 2.39. The molecule has 5 rings (SSSR count). The van der Waals surface area contributed by atoms with Gasteiger partial charge < -0.3 is 4.42 Å². The molecule has 0 radical (unpaired) electrons. The van der Waals surface area contributed by atoms with Gasteiger partial charge in [0.15, 0.2) is 0 Å². The average Bonchev–Trinajstić information content (AvgIpc) is 3.04. The third-order valence-corrected chi connectivity index (χ3v) is 5.51. The van der Waals surface area contributed by atoms with Gasteiger partial charge in [0.1, 0.15) is 11.2 Å². The summed E-state index contributed by atoms with van der Waals surface area (Å²) in [4.78, 5) is 4.77. The number of fused-ring (bicyclic) bond motifs is 4. The van der Waals surface area contributed by atoms with Crippen LogP contribution in [0.1, 0.15) is 31.9 Å². The van der Waals surface area contributed by atoms with E-state index < -0.39 is 0 Å². The molecule has 0 saturated carbocycles. The van der Waals surface area contributed by atoms with E-state index in [-0.39, 0.29) is 5.41 Å². The van der Waals surface area contributed by atoms with Gasteiger partial charge in [-0.15, -0.1) is 0 Å². The van der Waals surface area contributed by atoms with E-state index in [1.807, 2.05) is 18.3 Å². The molecule has 2 aromatic heterocycles. The van der Waals surface area contributed by atoms with E-state index in [0.717, 1.165) is 38.6 Å². The first-order chi connectivity index (χ1) is 13.4. The lowest BCUT2D eigenvalue weighted by atomic mass is 9.85. The van der Waals surface area contributed by atoms with Crippen LogP contribution in [0, 0.1) is 6.92 Å². The van der Waals surface area contributed by atoms with Gasteiger partial charge in [0.25, 0.3) is 0 Å². The Labute approximate surface area is 164 Å². The standard InChI is InChI=1S/C26H23NO/c1-16-13-21-20-7-5-6-8-23(20)28-25(21)22(14-16)24-19-10-9-18(26(2,3)4)15-17(19)11-12-27-24/h5-15H,1-4H3. The van der Waals surface area contributed by atoms with Crippen molar-refractivity contribution in [1.29, 1.82) is 0 Å². The van der Waals surface area contributed by atoms with Crippen LogP contribution in [0.25, 0.3) is 44.0 Å². The van der Waals surface area contributed by atoms with Crippen molar-refractivity contribution < 1.29 is 4.42 Å². The summed E-state index contributed by atoms with van der Waals surface area (Å²) in [5.41, 5.74) is 6.51. The Balaban J connectivity index is 1.84. The van der Waals surface area contributed by atoms with Crippen LogP contribution in [0.4, 0.5) is 0 Å². The zero-order valence-corrected chi connectivity index (χ0v) is 16.7. The van der Waals surface area contributed by atoms with E-state index in [2.05, 4.69) is 76.2 Å². The van der Waals surface area contributed by atoms with E-state index in [4.69, 9.17) is 9.40 Å². The normalized spacial score (nSPS) is 12.3. The molecule has 28 heavy (non-hydrogen) atoms. The number of nitrogens with zero attached hydrogens (tertiary/aromatic N) is 1. The number of para-hydroxylation sites is 1. The molecule has 2 nitrogen and oxygen atoms in total. The highest BCUT2D eigenvalue weighted by atomic mass is 16.3. The van der Waals surface area contributed by atoms with Crippen molar-refractivity contribution in [3.8, 4) is 11.3 Å². The SMILES string of the molecule is Cc1cc(-c2nccc3cc(C(C)(C)C)ccc23)c2oc3ccccc3c2c1. The van der Waals surface area contributed by atoms with Crippen molar-refractivity contribution >= 4 is 32.7 Å². The Kier molecular flexibility index (Phi) is 3.60. The molecule has 2 heterocycles. The highest BCUT2D eigenvalue weighted by molar-refractivity contribution is 6.11. The summed E-state index contributed by atoms with van der Waals surface area (Å²) in [7, 11) is 0. The van der Waals surface area contributed by atoms with E-state index in [1.165, 1.54) is 16.5 Å². The van der Waals surface area contributed by atoms with Crippen LogP contribution in [-0.4, -0.2) is 4.98 Å². The van der Waals surface area contributed by atoms with Crippen LogP contribution in [-0.2, 0) is 5.41 Å². The number of hydrogen-bond donors (Lipinski definition) is 0. The Bertz CT molecular complexity index is 1350. The van der Waals surface area contributed by atoms with Crippen LogP contribution >= 0.6 is 0 Å². The van der Waals surface area contributed by atoms with Gasteiger partial charge >= 0.3 is 0 Å². The zero-order chi connectivity index (χ0) is 19.5.